The van der Waals surface area contributed by atoms with Crippen LogP contribution in [0.1, 0.15) is 11.5 Å². The molecule has 0 unspecified atom stereocenters. The first kappa shape index (κ1) is 19.0. The van der Waals surface area contributed by atoms with Gasteiger partial charge in [-0.25, -0.2) is 13.7 Å². The minimum absolute atomic E-state index is 0.0475. The van der Waals surface area contributed by atoms with Crippen LogP contribution in [0.3, 0.4) is 0 Å². The molecule has 3 aromatic rings. The summed E-state index contributed by atoms with van der Waals surface area (Å²) in [5.74, 6) is -3.00. The first-order chi connectivity index (χ1) is 14.9. The van der Waals surface area contributed by atoms with Crippen molar-refractivity contribution in [3.63, 3.8) is 0 Å². The number of imide groups is 1. The van der Waals surface area contributed by atoms with E-state index in [9.17, 15) is 18.4 Å². The summed E-state index contributed by atoms with van der Waals surface area (Å²) in [6, 6.07) is 8.23. The van der Waals surface area contributed by atoms with Gasteiger partial charge in [0, 0.05) is 11.6 Å². The molecule has 0 spiro atoms. The van der Waals surface area contributed by atoms with Crippen molar-refractivity contribution in [3.05, 3.63) is 65.6 Å². The first-order valence-corrected chi connectivity index (χ1v) is 9.32. The smallest absolute Gasteiger partial charge is 0.263 e. The van der Waals surface area contributed by atoms with Crippen LogP contribution in [0.25, 0.3) is 11.4 Å². The molecule has 2 atom stereocenters. The summed E-state index contributed by atoms with van der Waals surface area (Å²) in [6.07, 6.45) is 0. The molecule has 0 N–H and O–H groups in total. The van der Waals surface area contributed by atoms with E-state index in [1.54, 1.807) is 0 Å². The number of carbonyl (C=O) groups is 2. The SMILES string of the molecule is Cc1ccc(-c2noc(CN3N=N[C@H]4C(=O)N(c5ccc(F)c(F)c5)C(=O)[C@@H]43)n2)cc1. The molecule has 2 aliphatic heterocycles. The van der Waals surface area contributed by atoms with Crippen LogP contribution >= 0.6 is 0 Å². The number of hydrogen-bond acceptors (Lipinski definition) is 8. The van der Waals surface area contributed by atoms with E-state index in [1.165, 1.54) is 5.01 Å². The number of nitrogens with zero attached hydrogens (tertiary/aromatic N) is 6. The lowest BCUT2D eigenvalue weighted by molar-refractivity contribution is -0.123. The quantitative estimate of drug-likeness (QED) is 0.597. The highest BCUT2D eigenvalue weighted by Crippen LogP contribution is 2.33. The van der Waals surface area contributed by atoms with Crippen molar-refractivity contribution in [2.24, 2.45) is 10.3 Å². The Morgan fingerprint density at radius 3 is 2.55 bits per heavy atom. The highest BCUT2D eigenvalue weighted by Gasteiger charge is 2.55. The molecule has 1 fully saturated rings. The Kier molecular flexibility index (Phi) is 4.31. The van der Waals surface area contributed by atoms with Crippen LogP contribution in [0.5, 0.6) is 0 Å². The van der Waals surface area contributed by atoms with Crippen LogP contribution < -0.4 is 4.90 Å². The number of anilines is 1. The molecule has 0 saturated carbocycles. The molecule has 2 aliphatic rings. The Hall–Kier alpha value is -4.02. The Labute approximate surface area is 173 Å². The topological polar surface area (TPSA) is 104 Å². The fraction of sp³-hybridized carbons (Fsp3) is 0.200. The Balaban J connectivity index is 1.36. The zero-order valence-corrected chi connectivity index (χ0v) is 16.1. The summed E-state index contributed by atoms with van der Waals surface area (Å²) in [6.45, 7) is 1.91. The van der Waals surface area contributed by atoms with Crippen molar-refractivity contribution in [1.29, 1.82) is 0 Å². The van der Waals surface area contributed by atoms with E-state index in [0.717, 1.165) is 34.2 Å². The summed E-state index contributed by atoms with van der Waals surface area (Å²) in [7, 11) is 0. The number of carbonyl (C=O) groups excluding carboxylic acids is 2. The zero-order chi connectivity index (χ0) is 21.7. The predicted octanol–water partition coefficient (Wildman–Crippen LogP) is 2.82. The van der Waals surface area contributed by atoms with Crippen LogP contribution in [0, 0.1) is 18.6 Å². The van der Waals surface area contributed by atoms with E-state index in [4.69, 9.17) is 4.52 Å². The fourth-order valence-electron chi connectivity index (χ4n) is 3.51. The van der Waals surface area contributed by atoms with E-state index < -0.39 is 35.5 Å². The lowest BCUT2D eigenvalue weighted by Gasteiger charge is -2.19. The van der Waals surface area contributed by atoms with Crippen molar-refractivity contribution >= 4 is 17.5 Å². The number of amides is 2. The highest BCUT2D eigenvalue weighted by atomic mass is 19.2. The Morgan fingerprint density at radius 1 is 1.03 bits per heavy atom. The van der Waals surface area contributed by atoms with Gasteiger partial charge in [0.2, 0.25) is 11.7 Å². The highest BCUT2D eigenvalue weighted by molar-refractivity contribution is 6.25. The average Bonchev–Trinajstić information content (AvgIpc) is 3.44. The molecule has 156 valence electrons. The first-order valence-electron chi connectivity index (χ1n) is 9.32. The molecule has 2 aromatic carbocycles. The molecule has 11 heteroatoms. The molecular formula is C20H14F2N6O3. The summed E-state index contributed by atoms with van der Waals surface area (Å²) in [5.41, 5.74) is 1.78. The van der Waals surface area contributed by atoms with Gasteiger partial charge in [-0.05, 0) is 19.1 Å². The van der Waals surface area contributed by atoms with Crippen molar-refractivity contribution in [3.8, 4) is 11.4 Å². The lowest BCUT2D eigenvalue weighted by Crippen LogP contribution is -2.39. The van der Waals surface area contributed by atoms with E-state index in [0.29, 0.717) is 5.82 Å². The van der Waals surface area contributed by atoms with E-state index >= 15 is 0 Å². The van der Waals surface area contributed by atoms with Gasteiger partial charge in [0.1, 0.15) is 6.54 Å². The van der Waals surface area contributed by atoms with Crippen molar-refractivity contribution < 1.29 is 22.9 Å². The van der Waals surface area contributed by atoms with Gasteiger partial charge in [-0.2, -0.15) is 10.1 Å². The van der Waals surface area contributed by atoms with Gasteiger partial charge in [-0.15, -0.1) is 0 Å². The van der Waals surface area contributed by atoms with Crippen LogP contribution in [-0.4, -0.2) is 39.0 Å². The summed E-state index contributed by atoms with van der Waals surface area (Å²) < 4.78 is 32.1. The maximum absolute atomic E-state index is 13.6. The molecule has 3 heterocycles. The number of benzene rings is 2. The number of halogens is 2. The molecule has 0 aliphatic carbocycles. The van der Waals surface area contributed by atoms with Crippen molar-refractivity contribution in [2.75, 3.05) is 4.90 Å². The summed E-state index contributed by atoms with van der Waals surface area (Å²) in [4.78, 5) is 30.7. The third-order valence-electron chi connectivity index (χ3n) is 5.09. The molecule has 2 amide bonds. The molecule has 0 bridgehead atoms. The molecule has 0 radical (unpaired) electrons. The van der Waals surface area contributed by atoms with E-state index in [-0.39, 0.29) is 18.1 Å². The van der Waals surface area contributed by atoms with Gasteiger partial charge in [-0.1, -0.05) is 40.2 Å². The Bertz CT molecular complexity index is 1230. The fourth-order valence-corrected chi connectivity index (χ4v) is 3.51. The maximum atomic E-state index is 13.6. The summed E-state index contributed by atoms with van der Waals surface area (Å²) >= 11 is 0. The minimum Gasteiger partial charge on any atom is -0.337 e. The third kappa shape index (κ3) is 3.14. The molecule has 5 rings (SSSR count). The van der Waals surface area contributed by atoms with Gasteiger partial charge < -0.3 is 4.52 Å². The van der Waals surface area contributed by atoms with Crippen molar-refractivity contribution in [1.82, 2.24) is 15.1 Å². The third-order valence-corrected chi connectivity index (χ3v) is 5.09. The number of rotatable bonds is 4. The molecule has 1 aromatic heterocycles. The van der Waals surface area contributed by atoms with Crippen LogP contribution in [0.2, 0.25) is 0 Å². The van der Waals surface area contributed by atoms with Crippen LogP contribution in [0.15, 0.2) is 57.3 Å². The van der Waals surface area contributed by atoms with Gasteiger partial charge >= 0.3 is 0 Å². The largest absolute Gasteiger partial charge is 0.337 e. The number of aryl methyl sites for hydroxylation is 1. The Morgan fingerprint density at radius 2 is 1.81 bits per heavy atom. The molecule has 9 nitrogen and oxygen atoms in total. The summed E-state index contributed by atoms with van der Waals surface area (Å²) in [5, 5.41) is 13.0. The molecular weight excluding hydrogens is 410 g/mol. The maximum Gasteiger partial charge on any atom is 0.263 e. The van der Waals surface area contributed by atoms with Gasteiger partial charge in [0.25, 0.3) is 11.8 Å². The standard InChI is InChI=1S/C20H14F2N6O3/c1-10-2-4-11(5-3-10)18-23-15(31-25-18)9-27-17-16(24-26-27)19(29)28(20(17)30)12-6-7-13(21)14(22)8-12/h2-8,16-17H,9H2,1H3/t16-,17-/m1/s1. The second-order valence-electron chi connectivity index (χ2n) is 7.18. The number of aromatic nitrogens is 2. The second kappa shape index (κ2) is 7.04. The monoisotopic (exact) mass is 424 g/mol. The van der Waals surface area contributed by atoms with Gasteiger partial charge in [0.05, 0.1) is 5.69 Å². The van der Waals surface area contributed by atoms with Gasteiger partial charge in [0.15, 0.2) is 23.7 Å². The number of fused-ring (bicyclic) bond motifs is 1. The second-order valence-corrected chi connectivity index (χ2v) is 7.18. The molecule has 31 heavy (non-hydrogen) atoms. The van der Waals surface area contributed by atoms with Crippen molar-refractivity contribution in [2.45, 2.75) is 25.6 Å². The molecule has 1 saturated heterocycles. The normalized spacial score (nSPS) is 20.1. The van der Waals surface area contributed by atoms with E-state index in [1.807, 2.05) is 31.2 Å². The van der Waals surface area contributed by atoms with Gasteiger partial charge in [-0.3, -0.25) is 14.6 Å². The zero-order valence-electron chi connectivity index (χ0n) is 16.1. The minimum atomic E-state index is -1.16. The lowest BCUT2D eigenvalue weighted by atomic mass is 10.1. The average molecular weight is 424 g/mol. The van der Waals surface area contributed by atoms with Crippen LogP contribution in [0.4, 0.5) is 14.5 Å². The predicted molar refractivity (Wildman–Crippen MR) is 101 cm³/mol. The van der Waals surface area contributed by atoms with Crippen LogP contribution in [-0.2, 0) is 16.1 Å². The number of hydrogen-bond donors (Lipinski definition) is 0. The van der Waals surface area contributed by atoms with E-state index in [2.05, 4.69) is 20.5 Å².